The second-order valence-electron chi connectivity index (χ2n) is 5.18. The van der Waals surface area contributed by atoms with E-state index in [1.54, 1.807) is 0 Å². The fourth-order valence-corrected chi connectivity index (χ4v) is 3.43. The standard InChI is InChI=1S/C16H20BrClN2/c1-4-13-15(17)14(20(3)19-13)10-11(2)16(18)12-8-6-5-7-9-12/h5-9,11,16H,4,10H2,1-3H3. The van der Waals surface area contributed by atoms with E-state index < -0.39 is 0 Å². The van der Waals surface area contributed by atoms with Crippen molar-refractivity contribution in [2.45, 2.75) is 32.1 Å². The molecule has 0 amide bonds. The first-order valence-electron chi connectivity index (χ1n) is 6.93. The summed E-state index contributed by atoms with van der Waals surface area (Å²) in [5.74, 6) is 0.343. The van der Waals surface area contributed by atoms with E-state index in [4.69, 9.17) is 11.6 Å². The molecule has 1 heterocycles. The second-order valence-corrected chi connectivity index (χ2v) is 6.44. The lowest BCUT2D eigenvalue weighted by Crippen LogP contribution is -2.11. The van der Waals surface area contributed by atoms with Gasteiger partial charge in [0.05, 0.1) is 21.2 Å². The van der Waals surface area contributed by atoms with Crippen molar-refractivity contribution in [3.63, 3.8) is 0 Å². The van der Waals surface area contributed by atoms with Crippen LogP contribution in [0.25, 0.3) is 0 Å². The molecule has 1 aromatic heterocycles. The molecule has 4 heteroatoms. The van der Waals surface area contributed by atoms with Gasteiger partial charge in [0, 0.05) is 7.05 Å². The maximum Gasteiger partial charge on any atom is 0.0766 e. The van der Waals surface area contributed by atoms with Crippen molar-refractivity contribution in [2.75, 3.05) is 0 Å². The summed E-state index contributed by atoms with van der Waals surface area (Å²) in [6.07, 6.45) is 1.85. The summed E-state index contributed by atoms with van der Waals surface area (Å²) in [6.45, 7) is 4.31. The van der Waals surface area contributed by atoms with Crippen molar-refractivity contribution in [3.8, 4) is 0 Å². The molecule has 20 heavy (non-hydrogen) atoms. The molecule has 0 saturated carbocycles. The van der Waals surface area contributed by atoms with Gasteiger partial charge in [-0.05, 0) is 40.3 Å². The number of nitrogens with zero attached hydrogens (tertiary/aromatic N) is 2. The highest BCUT2D eigenvalue weighted by Gasteiger charge is 2.21. The molecule has 1 aromatic carbocycles. The largest absolute Gasteiger partial charge is 0.271 e. The number of halogens is 2. The van der Waals surface area contributed by atoms with Gasteiger partial charge in [0.1, 0.15) is 0 Å². The first-order valence-corrected chi connectivity index (χ1v) is 8.16. The third-order valence-electron chi connectivity index (χ3n) is 3.64. The average Bonchev–Trinajstić information content (AvgIpc) is 2.74. The molecule has 0 aliphatic rings. The molecule has 108 valence electrons. The van der Waals surface area contributed by atoms with Crippen LogP contribution in [-0.2, 0) is 19.9 Å². The van der Waals surface area contributed by atoms with Crippen LogP contribution >= 0.6 is 27.5 Å². The van der Waals surface area contributed by atoms with Gasteiger partial charge in [-0.2, -0.15) is 5.10 Å². The van der Waals surface area contributed by atoms with Crippen LogP contribution < -0.4 is 0 Å². The van der Waals surface area contributed by atoms with Crippen molar-refractivity contribution < 1.29 is 0 Å². The fraction of sp³-hybridized carbons (Fsp3) is 0.438. The Morgan fingerprint density at radius 1 is 1.30 bits per heavy atom. The Hall–Kier alpha value is -0.800. The number of aromatic nitrogens is 2. The molecule has 2 atom stereocenters. The molecule has 2 aromatic rings. The zero-order valence-electron chi connectivity index (χ0n) is 12.1. The van der Waals surface area contributed by atoms with Crippen molar-refractivity contribution in [1.82, 2.24) is 9.78 Å². The molecule has 2 nitrogen and oxygen atoms in total. The monoisotopic (exact) mass is 354 g/mol. The van der Waals surface area contributed by atoms with Gasteiger partial charge in [-0.1, -0.05) is 44.2 Å². The van der Waals surface area contributed by atoms with Crippen molar-refractivity contribution in [3.05, 3.63) is 51.8 Å². The minimum absolute atomic E-state index is 0.0167. The van der Waals surface area contributed by atoms with Crippen molar-refractivity contribution in [2.24, 2.45) is 13.0 Å². The third-order valence-corrected chi connectivity index (χ3v) is 5.23. The van der Waals surface area contributed by atoms with Crippen LogP contribution in [0.5, 0.6) is 0 Å². The Morgan fingerprint density at radius 3 is 2.50 bits per heavy atom. The molecular weight excluding hydrogens is 336 g/mol. The van der Waals surface area contributed by atoms with Crippen LogP contribution in [0.15, 0.2) is 34.8 Å². The highest BCUT2D eigenvalue weighted by Crippen LogP contribution is 2.33. The lowest BCUT2D eigenvalue weighted by atomic mass is 9.96. The molecule has 0 radical (unpaired) electrons. The SMILES string of the molecule is CCc1nn(C)c(CC(C)C(Cl)c2ccccc2)c1Br. The number of aryl methyl sites for hydroxylation is 2. The Balaban J connectivity index is 2.16. The Labute approximate surface area is 134 Å². The summed E-state index contributed by atoms with van der Waals surface area (Å²) in [5.41, 5.74) is 3.51. The molecule has 0 N–H and O–H groups in total. The molecule has 0 aliphatic carbocycles. The highest BCUT2D eigenvalue weighted by molar-refractivity contribution is 9.10. The topological polar surface area (TPSA) is 17.8 Å². The van der Waals surface area contributed by atoms with Crippen LogP contribution in [0.4, 0.5) is 0 Å². The number of alkyl halides is 1. The highest BCUT2D eigenvalue weighted by atomic mass is 79.9. The Bertz CT molecular complexity index is 565. The zero-order valence-corrected chi connectivity index (χ0v) is 14.4. The summed E-state index contributed by atoms with van der Waals surface area (Å²) in [4.78, 5) is 0. The maximum absolute atomic E-state index is 6.61. The fourth-order valence-electron chi connectivity index (χ4n) is 2.42. The predicted molar refractivity (Wildman–Crippen MR) is 88.2 cm³/mol. The Morgan fingerprint density at radius 2 is 1.95 bits per heavy atom. The average molecular weight is 356 g/mol. The van der Waals surface area contributed by atoms with Gasteiger partial charge in [0.15, 0.2) is 0 Å². The van der Waals surface area contributed by atoms with Crippen molar-refractivity contribution >= 4 is 27.5 Å². The molecule has 0 fully saturated rings. The van der Waals surface area contributed by atoms with Crippen LogP contribution in [0, 0.1) is 5.92 Å². The van der Waals surface area contributed by atoms with E-state index in [0.29, 0.717) is 5.92 Å². The minimum Gasteiger partial charge on any atom is -0.271 e. The summed E-state index contributed by atoms with van der Waals surface area (Å²) in [7, 11) is 2.00. The van der Waals surface area contributed by atoms with E-state index in [1.165, 1.54) is 11.3 Å². The first-order chi connectivity index (χ1) is 9.54. The van der Waals surface area contributed by atoms with Gasteiger partial charge in [0.2, 0.25) is 0 Å². The van der Waals surface area contributed by atoms with Crippen LogP contribution in [-0.4, -0.2) is 9.78 Å². The molecule has 0 bridgehead atoms. The van der Waals surface area contributed by atoms with Crippen LogP contribution in [0.3, 0.4) is 0 Å². The quantitative estimate of drug-likeness (QED) is 0.697. The predicted octanol–water partition coefficient (Wildman–Crippen LogP) is 4.90. The van der Waals surface area contributed by atoms with E-state index >= 15 is 0 Å². The van der Waals surface area contributed by atoms with Gasteiger partial charge in [0.25, 0.3) is 0 Å². The van der Waals surface area contributed by atoms with E-state index in [2.05, 4.69) is 47.0 Å². The molecule has 0 saturated heterocycles. The zero-order chi connectivity index (χ0) is 14.7. The van der Waals surface area contributed by atoms with Crippen LogP contribution in [0.1, 0.15) is 36.2 Å². The van der Waals surface area contributed by atoms with Gasteiger partial charge < -0.3 is 0 Å². The van der Waals surface area contributed by atoms with Crippen LogP contribution in [0.2, 0.25) is 0 Å². The van der Waals surface area contributed by atoms with Gasteiger partial charge in [-0.25, -0.2) is 0 Å². The van der Waals surface area contributed by atoms with Gasteiger partial charge in [-0.3, -0.25) is 4.68 Å². The summed E-state index contributed by atoms with van der Waals surface area (Å²) < 4.78 is 3.10. The van der Waals surface area contributed by atoms with E-state index in [9.17, 15) is 0 Å². The molecule has 0 spiro atoms. The number of rotatable bonds is 5. The summed E-state index contributed by atoms with van der Waals surface area (Å²) in [5, 5.41) is 4.56. The summed E-state index contributed by atoms with van der Waals surface area (Å²) >= 11 is 10.3. The molecule has 2 unspecified atom stereocenters. The second kappa shape index (κ2) is 6.77. The molecule has 2 rings (SSSR count). The normalized spacial score (nSPS) is 14.2. The van der Waals surface area contributed by atoms with E-state index in [1.807, 2.05) is 29.9 Å². The minimum atomic E-state index is 0.0167. The summed E-state index contributed by atoms with van der Waals surface area (Å²) in [6, 6.07) is 10.3. The number of hydrogen-bond donors (Lipinski definition) is 0. The number of benzene rings is 1. The smallest absolute Gasteiger partial charge is 0.0766 e. The van der Waals surface area contributed by atoms with Crippen molar-refractivity contribution in [1.29, 1.82) is 0 Å². The lowest BCUT2D eigenvalue weighted by Gasteiger charge is -2.18. The number of hydrogen-bond acceptors (Lipinski definition) is 1. The lowest BCUT2D eigenvalue weighted by molar-refractivity contribution is 0.530. The molecule has 0 aliphatic heterocycles. The van der Waals surface area contributed by atoms with Gasteiger partial charge in [-0.15, -0.1) is 11.6 Å². The third kappa shape index (κ3) is 3.26. The Kier molecular flexibility index (Phi) is 5.28. The van der Waals surface area contributed by atoms with E-state index in [0.717, 1.165) is 23.0 Å². The van der Waals surface area contributed by atoms with Gasteiger partial charge >= 0.3 is 0 Å². The van der Waals surface area contributed by atoms with E-state index in [-0.39, 0.29) is 5.38 Å². The maximum atomic E-state index is 6.61. The molecular formula is C16H20BrClN2. The first kappa shape index (κ1) is 15.6.